The zero-order valence-corrected chi connectivity index (χ0v) is 21.5. The number of aliphatic hydroxyl groups excluding tert-OH is 2. The Labute approximate surface area is 223 Å². The second-order valence-electron chi connectivity index (χ2n) is 9.52. The van der Waals surface area contributed by atoms with Crippen molar-refractivity contribution in [1.29, 1.82) is 0 Å². The van der Waals surface area contributed by atoms with Crippen LogP contribution >= 0.6 is 11.8 Å². The molecule has 3 fully saturated rings. The minimum Gasteiger partial charge on any atom is -0.478 e. The maximum absolute atomic E-state index is 12.5. The fourth-order valence-corrected chi connectivity index (χ4v) is 6.35. The second kappa shape index (κ2) is 12.2. The van der Waals surface area contributed by atoms with Gasteiger partial charge in [0.25, 0.3) is 0 Å². The number of carboxylic acid groups (broad SMARTS) is 1. The van der Waals surface area contributed by atoms with Gasteiger partial charge in [0, 0.05) is 30.9 Å². The van der Waals surface area contributed by atoms with E-state index in [2.05, 4.69) is 21.3 Å². The number of ether oxygens (including phenoxy) is 2. The summed E-state index contributed by atoms with van der Waals surface area (Å²) in [6, 6.07) is 4.39. The first kappa shape index (κ1) is 28.0. The molecular formula is C24H32N4O9S. The SMILES string of the molecule is CC(=O)NC1[C@H](Oc2ccc(C(=O)O)cc2)OC(CNC(=O)CCC[C@@H]2SC[C@@H]3NC(=O)N[C@@H]32)[C@@H](O)[C@@H]1O. The van der Waals surface area contributed by atoms with Gasteiger partial charge in [-0.2, -0.15) is 11.8 Å². The van der Waals surface area contributed by atoms with Gasteiger partial charge in [-0.3, -0.25) is 9.59 Å². The average Bonchev–Trinajstić information content (AvgIpc) is 3.42. The largest absolute Gasteiger partial charge is 0.478 e. The van der Waals surface area contributed by atoms with Gasteiger partial charge in [0.05, 0.1) is 17.6 Å². The summed E-state index contributed by atoms with van der Waals surface area (Å²) >= 11 is 1.77. The Morgan fingerprint density at radius 1 is 1.16 bits per heavy atom. The Morgan fingerprint density at radius 3 is 2.58 bits per heavy atom. The molecule has 1 aromatic carbocycles. The van der Waals surface area contributed by atoms with Crippen molar-refractivity contribution >= 4 is 35.6 Å². The molecule has 1 aromatic rings. The number of benzene rings is 1. The molecule has 14 heteroatoms. The van der Waals surface area contributed by atoms with Gasteiger partial charge >= 0.3 is 12.0 Å². The van der Waals surface area contributed by atoms with Crippen LogP contribution in [0.15, 0.2) is 24.3 Å². The van der Waals surface area contributed by atoms with Crippen LogP contribution in [-0.2, 0) is 14.3 Å². The van der Waals surface area contributed by atoms with Crippen LogP contribution in [0.2, 0.25) is 0 Å². The van der Waals surface area contributed by atoms with E-state index >= 15 is 0 Å². The van der Waals surface area contributed by atoms with E-state index in [1.165, 1.54) is 31.2 Å². The quantitative estimate of drug-likeness (QED) is 0.180. The van der Waals surface area contributed by atoms with Gasteiger partial charge in [-0.25, -0.2) is 9.59 Å². The monoisotopic (exact) mass is 552 g/mol. The molecule has 3 saturated heterocycles. The minimum absolute atomic E-state index is 0.0485. The van der Waals surface area contributed by atoms with Crippen molar-refractivity contribution in [2.24, 2.45) is 0 Å². The van der Waals surface area contributed by atoms with Crippen molar-refractivity contribution in [1.82, 2.24) is 21.3 Å². The third-order valence-electron chi connectivity index (χ3n) is 6.76. The summed E-state index contributed by atoms with van der Waals surface area (Å²) in [6.45, 7) is 1.13. The van der Waals surface area contributed by atoms with Crippen molar-refractivity contribution in [3.8, 4) is 5.75 Å². The Bertz CT molecular complexity index is 1040. The highest BCUT2D eigenvalue weighted by atomic mass is 32.2. The van der Waals surface area contributed by atoms with Crippen LogP contribution in [0.5, 0.6) is 5.75 Å². The van der Waals surface area contributed by atoms with Gasteiger partial charge in [-0.1, -0.05) is 0 Å². The van der Waals surface area contributed by atoms with Crippen molar-refractivity contribution < 1.29 is 44.0 Å². The highest BCUT2D eigenvalue weighted by molar-refractivity contribution is 8.00. The molecule has 0 bridgehead atoms. The molecule has 3 aliphatic rings. The number of carbonyl (C=O) groups excluding carboxylic acids is 3. The maximum atomic E-state index is 12.5. The molecule has 0 aromatic heterocycles. The third kappa shape index (κ3) is 6.67. The Morgan fingerprint density at radius 2 is 1.89 bits per heavy atom. The molecule has 3 heterocycles. The lowest BCUT2D eigenvalue weighted by Crippen LogP contribution is -2.66. The number of rotatable bonds is 10. The number of carboxylic acids is 1. The fraction of sp³-hybridized carbons (Fsp3) is 0.583. The molecular weight excluding hydrogens is 520 g/mol. The van der Waals surface area contributed by atoms with Gasteiger partial charge < -0.3 is 46.1 Å². The molecule has 208 valence electrons. The van der Waals surface area contributed by atoms with Crippen LogP contribution in [-0.4, -0.2) is 99.4 Å². The Hall–Kier alpha value is -3.07. The van der Waals surface area contributed by atoms with E-state index in [-0.39, 0.29) is 53.6 Å². The van der Waals surface area contributed by atoms with E-state index in [0.717, 1.165) is 12.2 Å². The molecule has 8 atom stereocenters. The number of aliphatic hydroxyl groups is 2. The number of amides is 4. The van der Waals surface area contributed by atoms with Crippen molar-refractivity contribution in [3.63, 3.8) is 0 Å². The first-order valence-corrected chi connectivity index (χ1v) is 13.4. The predicted octanol–water partition coefficient (Wildman–Crippen LogP) is -0.833. The van der Waals surface area contributed by atoms with E-state index in [1.54, 1.807) is 11.8 Å². The molecule has 0 spiro atoms. The smallest absolute Gasteiger partial charge is 0.335 e. The summed E-state index contributed by atoms with van der Waals surface area (Å²) in [5.41, 5.74) is 0.0485. The number of urea groups is 1. The number of thioether (sulfide) groups is 1. The highest BCUT2D eigenvalue weighted by Gasteiger charge is 2.46. The van der Waals surface area contributed by atoms with Gasteiger partial charge in [0.1, 0.15) is 30.1 Å². The molecule has 3 aliphatic heterocycles. The molecule has 4 amide bonds. The van der Waals surface area contributed by atoms with Crippen LogP contribution < -0.4 is 26.0 Å². The van der Waals surface area contributed by atoms with E-state index < -0.39 is 42.5 Å². The molecule has 0 radical (unpaired) electrons. The molecule has 4 rings (SSSR count). The predicted molar refractivity (Wildman–Crippen MR) is 135 cm³/mol. The van der Waals surface area contributed by atoms with Crippen LogP contribution in [0.25, 0.3) is 0 Å². The molecule has 7 N–H and O–H groups in total. The number of hydrogen-bond acceptors (Lipinski definition) is 9. The van der Waals surface area contributed by atoms with Crippen molar-refractivity contribution in [3.05, 3.63) is 29.8 Å². The third-order valence-corrected chi connectivity index (χ3v) is 8.26. The maximum Gasteiger partial charge on any atom is 0.335 e. The lowest BCUT2D eigenvalue weighted by atomic mass is 9.96. The van der Waals surface area contributed by atoms with Crippen molar-refractivity contribution in [2.75, 3.05) is 12.3 Å². The summed E-state index contributed by atoms with van der Waals surface area (Å²) in [5.74, 6) is -0.779. The number of hydrogen-bond donors (Lipinski definition) is 7. The molecule has 2 unspecified atom stereocenters. The molecule has 0 aliphatic carbocycles. The first-order chi connectivity index (χ1) is 18.1. The van der Waals surface area contributed by atoms with Crippen molar-refractivity contribution in [2.45, 2.75) is 74.2 Å². The van der Waals surface area contributed by atoms with Gasteiger partial charge in [-0.05, 0) is 37.1 Å². The van der Waals surface area contributed by atoms with Crippen LogP contribution in [0, 0.1) is 0 Å². The zero-order chi connectivity index (χ0) is 27.4. The number of fused-ring (bicyclic) bond motifs is 1. The van der Waals surface area contributed by atoms with E-state index in [9.17, 15) is 29.4 Å². The van der Waals surface area contributed by atoms with E-state index in [4.69, 9.17) is 14.6 Å². The summed E-state index contributed by atoms with van der Waals surface area (Å²) in [6.07, 6.45) is -3.52. The van der Waals surface area contributed by atoms with Gasteiger partial charge in [-0.15, -0.1) is 0 Å². The first-order valence-electron chi connectivity index (χ1n) is 12.4. The molecule has 38 heavy (non-hydrogen) atoms. The summed E-state index contributed by atoms with van der Waals surface area (Å²) in [7, 11) is 0. The Kier molecular flexibility index (Phi) is 8.97. The minimum atomic E-state index is -1.46. The van der Waals surface area contributed by atoms with Gasteiger partial charge in [0.2, 0.25) is 18.1 Å². The Balaban J connectivity index is 1.30. The van der Waals surface area contributed by atoms with Crippen LogP contribution in [0.3, 0.4) is 0 Å². The normalized spacial score (nSPS) is 32.0. The summed E-state index contributed by atoms with van der Waals surface area (Å²) in [5, 5.41) is 41.6. The number of aromatic carboxylic acids is 1. The van der Waals surface area contributed by atoms with E-state index in [0.29, 0.717) is 6.42 Å². The molecule has 0 saturated carbocycles. The highest BCUT2D eigenvalue weighted by Crippen LogP contribution is 2.33. The number of carbonyl (C=O) groups is 4. The number of nitrogens with one attached hydrogen (secondary N) is 4. The van der Waals surface area contributed by atoms with Crippen LogP contribution in [0.4, 0.5) is 4.79 Å². The fourth-order valence-electron chi connectivity index (χ4n) is 4.81. The summed E-state index contributed by atoms with van der Waals surface area (Å²) in [4.78, 5) is 46.7. The van der Waals surface area contributed by atoms with Gasteiger partial charge in [0.15, 0.2) is 0 Å². The van der Waals surface area contributed by atoms with Crippen LogP contribution in [0.1, 0.15) is 36.5 Å². The standard InChI is InChI=1S/C24H32N4O9S/c1-11(29)26-19-21(32)20(31)15(37-23(19)36-13-7-5-12(6-8-13)22(33)34)9-25-17(30)4-2-3-16-18-14(10-38-16)27-24(35)28-18/h5-8,14-16,18-21,23,31-32H,2-4,9-10H2,1H3,(H,25,30)(H,26,29)(H,33,34)(H2,27,28,35)/t14-,15?,16-,18-,19?,20+,21+,23+/m0/s1. The zero-order valence-electron chi connectivity index (χ0n) is 20.7. The lowest BCUT2D eigenvalue weighted by Gasteiger charge is -2.42. The lowest BCUT2D eigenvalue weighted by molar-refractivity contribution is -0.235. The topological polar surface area (TPSA) is 196 Å². The van der Waals surface area contributed by atoms with E-state index in [1.807, 2.05) is 0 Å². The molecule has 13 nitrogen and oxygen atoms in total. The second-order valence-corrected chi connectivity index (χ2v) is 10.8. The average molecular weight is 553 g/mol. The summed E-state index contributed by atoms with van der Waals surface area (Å²) < 4.78 is 11.6.